The van der Waals surface area contributed by atoms with Gasteiger partial charge in [-0.25, -0.2) is 0 Å². The van der Waals surface area contributed by atoms with Crippen LogP contribution in [0.5, 0.6) is 5.75 Å². The minimum atomic E-state index is -4.44. The van der Waals surface area contributed by atoms with Crippen molar-refractivity contribution in [2.45, 2.75) is 31.0 Å². The van der Waals surface area contributed by atoms with E-state index in [0.717, 1.165) is 71.9 Å². The summed E-state index contributed by atoms with van der Waals surface area (Å²) in [6, 6.07) is 26.9. The van der Waals surface area contributed by atoms with Gasteiger partial charge in [0.2, 0.25) is 0 Å². The molecule has 2 aliphatic heterocycles. The molecule has 0 amide bonds. The van der Waals surface area contributed by atoms with Crippen molar-refractivity contribution >= 4 is 54.4 Å². The molecule has 0 saturated carbocycles. The van der Waals surface area contributed by atoms with Crippen LogP contribution in [0.25, 0.3) is 28.0 Å². The van der Waals surface area contributed by atoms with E-state index in [1.54, 1.807) is 6.07 Å². The first-order chi connectivity index (χ1) is 22.5. The Hall–Kier alpha value is -3.59. The van der Waals surface area contributed by atoms with E-state index in [0.29, 0.717) is 24.5 Å². The molecule has 0 spiro atoms. The SMILES string of the molecule is CC1(C)c2cc(C(F)(F)F)ccc2-c2c1c1c(c3c(Br)cc(Br)cc23)OC(c2ccccc2)(c2ccc(N3CCOCC3)cc2)C=C1. The van der Waals surface area contributed by atoms with Gasteiger partial charge in [-0.2, -0.15) is 13.2 Å². The molecular formula is C39H30Br2F3NO2. The molecular weight excluding hydrogens is 731 g/mol. The fraction of sp³-hybridized carbons (Fsp3) is 0.231. The number of alkyl halides is 3. The maximum atomic E-state index is 14.0. The number of morpholine rings is 1. The minimum Gasteiger partial charge on any atom is -0.472 e. The average Bonchev–Trinajstić information content (AvgIpc) is 3.31. The topological polar surface area (TPSA) is 21.7 Å². The van der Waals surface area contributed by atoms with Crippen LogP contribution in [-0.2, 0) is 21.9 Å². The molecule has 47 heavy (non-hydrogen) atoms. The van der Waals surface area contributed by atoms with Gasteiger partial charge in [-0.3, -0.25) is 0 Å². The molecule has 0 N–H and O–H groups in total. The molecule has 1 atom stereocenters. The summed E-state index contributed by atoms with van der Waals surface area (Å²) in [5, 5.41) is 1.78. The van der Waals surface area contributed by atoms with Crippen LogP contribution in [0.4, 0.5) is 18.9 Å². The Morgan fingerprint density at radius 2 is 1.53 bits per heavy atom. The highest BCUT2D eigenvalue weighted by Gasteiger charge is 2.45. The van der Waals surface area contributed by atoms with Crippen molar-refractivity contribution in [3.63, 3.8) is 0 Å². The van der Waals surface area contributed by atoms with Gasteiger partial charge in [0.1, 0.15) is 5.75 Å². The zero-order valence-corrected chi connectivity index (χ0v) is 28.9. The summed E-state index contributed by atoms with van der Waals surface area (Å²) < 4.78 is 56.5. The van der Waals surface area contributed by atoms with Crippen LogP contribution in [-0.4, -0.2) is 26.3 Å². The van der Waals surface area contributed by atoms with E-state index in [1.165, 1.54) is 12.1 Å². The number of nitrogens with zero attached hydrogens (tertiary/aromatic N) is 1. The second-order valence-electron chi connectivity index (χ2n) is 12.9. The summed E-state index contributed by atoms with van der Waals surface area (Å²) in [4.78, 5) is 2.32. The van der Waals surface area contributed by atoms with Gasteiger partial charge in [-0.1, -0.05) is 84.4 Å². The third-order valence-electron chi connectivity index (χ3n) is 9.85. The normalized spacial score (nSPS) is 19.7. The molecule has 0 radical (unpaired) electrons. The molecule has 238 valence electrons. The van der Waals surface area contributed by atoms with Crippen LogP contribution in [0.3, 0.4) is 0 Å². The first-order valence-corrected chi connectivity index (χ1v) is 17.2. The summed E-state index contributed by atoms with van der Waals surface area (Å²) in [6.07, 6.45) is -0.219. The number of anilines is 1. The largest absolute Gasteiger partial charge is 0.472 e. The van der Waals surface area contributed by atoms with Gasteiger partial charge in [-0.05, 0) is 86.0 Å². The minimum absolute atomic E-state index is 0.645. The molecule has 1 fully saturated rings. The number of rotatable bonds is 3. The predicted molar refractivity (Wildman–Crippen MR) is 188 cm³/mol. The van der Waals surface area contributed by atoms with Gasteiger partial charge in [0.05, 0.1) is 18.8 Å². The summed E-state index contributed by atoms with van der Waals surface area (Å²) in [7, 11) is 0. The molecule has 2 heterocycles. The van der Waals surface area contributed by atoms with Gasteiger partial charge in [-0.15, -0.1) is 0 Å². The standard InChI is InChI=1S/C39H30Br2F3NO2/c1-37(2)31-20-25(39(42,43)44)10-13-28(31)33-30-21-26(40)22-32(41)34(30)36-29(35(33)37)14-15-38(47-36,23-6-4-3-5-7-23)24-8-11-27(12-9-24)45-16-18-46-19-17-45/h3-15,20-22H,16-19H2,1-2H3. The van der Waals surface area contributed by atoms with Crippen molar-refractivity contribution in [2.24, 2.45) is 0 Å². The van der Waals surface area contributed by atoms with Crippen molar-refractivity contribution in [2.75, 3.05) is 31.2 Å². The van der Waals surface area contributed by atoms with Crippen LogP contribution in [0.1, 0.15) is 47.2 Å². The Bertz CT molecular complexity index is 2090. The van der Waals surface area contributed by atoms with Crippen molar-refractivity contribution in [3.8, 4) is 16.9 Å². The molecule has 5 aromatic rings. The number of fused-ring (bicyclic) bond motifs is 8. The van der Waals surface area contributed by atoms with Crippen LogP contribution in [0.2, 0.25) is 0 Å². The van der Waals surface area contributed by atoms with Crippen LogP contribution >= 0.6 is 31.9 Å². The van der Waals surface area contributed by atoms with Crippen molar-refractivity contribution in [1.29, 1.82) is 0 Å². The third kappa shape index (κ3) is 4.78. The number of hydrogen-bond donors (Lipinski definition) is 0. The first kappa shape index (κ1) is 30.7. The van der Waals surface area contributed by atoms with E-state index in [1.807, 2.05) is 44.2 Å². The summed E-state index contributed by atoms with van der Waals surface area (Å²) in [6.45, 7) is 7.12. The Morgan fingerprint density at radius 3 is 2.23 bits per heavy atom. The van der Waals surface area contributed by atoms with E-state index in [9.17, 15) is 13.2 Å². The molecule has 5 aromatic carbocycles. The highest BCUT2D eigenvalue weighted by molar-refractivity contribution is 9.11. The zero-order chi connectivity index (χ0) is 32.7. The second-order valence-corrected chi connectivity index (χ2v) is 14.6. The van der Waals surface area contributed by atoms with Crippen molar-refractivity contribution in [1.82, 2.24) is 0 Å². The fourth-order valence-corrected chi connectivity index (χ4v) is 9.01. The van der Waals surface area contributed by atoms with E-state index >= 15 is 0 Å². The second kappa shape index (κ2) is 11.0. The molecule has 1 saturated heterocycles. The quantitative estimate of drug-likeness (QED) is 0.183. The lowest BCUT2D eigenvalue weighted by Gasteiger charge is -2.39. The van der Waals surface area contributed by atoms with Crippen LogP contribution < -0.4 is 9.64 Å². The molecule has 3 nitrogen and oxygen atoms in total. The predicted octanol–water partition coefficient (Wildman–Crippen LogP) is 10.9. The average molecular weight is 761 g/mol. The number of hydrogen-bond acceptors (Lipinski definition) is 3. The summed E-state index contributed by atoms with van der Waals surface area (Å²) in [5.41, 5.74) is 4.99. The van der Waals surface area contributed by atoms with Crippen molar-refractivity contribution < 1.29 is 22.6 Å². The van der Waals surface area contributed by atoms with E-state index < -0.39 is 22.8 Å². The zero-order valence-electron chi connectivity index (χ0n) is 25.7. The highest BCUT2D eigenvalue weighted by Crippen LogP contribution is 2.59. The van der Waals surface area contributed by atoms with Crippen molar-refractivity contribution in [3.05, 3.63) is 133 Å². The molecule has 8 heteroatoms. The van der Waals surface area contributed by atoms with E-state index in [4.69, 9.17) is 9.47 Å². The maximum Gasteiger partial charge on any atom is 0.416 e. The summed E-state index contributed by atoms with van der Waals surface area (Å²) >= 11 is 7.53. The Balaban J connectivity index is 1.37. The Morgan fingerprint density at radius 1 is 0.830 bits per heavy atom. The Labute approximate surface area is 288 Å². The monoisotopic (exact) mass is 759 g/mol. The highest BCUT2D eigenvalue weighted by atomic mass is 79.9. The van der Waals surface area contributed by atoms with Gasteiger partial charge in [0.15, 0.2) is 5.60 Å². The first-order valence-electron chi connectivity index (χ1n) is 15.6. The molecule has 1 unspecified atom stereocenters. The maximum absolute atomic E-state index is 14.0. The molecule has 1 aliphatic carbocycles. The van der Waals surface area contributed by atoms with Gasteiger partial charge >= 0.3 is 6.18 Å². The fourth-order valence-electron chi connectivity index (χ4n) is 7.60. The van der Waals surface area contributed by atoms with E-state index in [2.05, 4.69) is 85.3 Å². The smallest absolute Gasteiger partial charge is 0.416 e. The number of ether oxygens (including phenoxy) is 2. The van der Waals surface area contributed by atoms with Gasteiger partial charge < -0.3 is 14.4 Å². The number of benzene rings is 5. The van der Waals surface area contributed by atoms with Crippen LogP contribution in [0.15, 0.2) is 100.0 Å². The lowest BCUT2D eigenvalue weighted by atomic mass is 9.76. The lowest BCUT2D eigenvalue weighted by Crippen LogP contribution is -2.37. The third-order valence-corrected chi connectivity index (χ3v) is 10.9. The van der Waals surface area contributed by atoms with E-state index in [-0.39, 0.29) is 0 Å². The Kier molecular flexibility index (Phi) is 7.17. The molecule has 0 aromatic heterocycles. The van der Waals surface area contributed by atoms with Crippen LogP contribution in [0, 0.1) is 0 Å². The van der Waals surface area contributed by atoms with Gasteiger partial charge in [0, 0.05) is 55.2 Å². The van der Waals surface area contributed by atoms with Gasteiger partial charge in [0.25, 0.3) is 0 Å². The summed E-state index contributed by atoms with van der Waals surface area (Å²) in [5.74, 6) is 0.693. The molecule has 8 rings (SSSR count). The lowest BCUT2D eigenvalue weighted by molar-refractivity contribution is -0.137. The molecule has 3 aliphatic rings. The number of halogens is 5. The molecule has 0 bridgehead atoms.